The quantitative estimate of drug-likeness (QED) is 0.312. The second kappa shape index (κ2) is 11.0. The van der Waals surface area contributed by atoms with E-state index in [-0.39, 0.29) is 48.8 Å². The van der Waals surface area contributed by atoms with Crippen LogP contribution in [0, 0.1) is 0 Å². The third kappa shape index (κ3) is 6.20. The molecule has 0 unspecified atom stereocenters. The molecule has 0 saturated heterocycles. The predicted molar refractivity (Wildman–Crippen MR) is 134 cm³/mol. The van der Waals surface area contributed by atoms with E-state index >= 15 is 0 Å². The van der Waals surface area contributed by atoms with E-state index in [1.807, 2.05) is 0 Å². The van der Waals surface area contributed by atoms with Crippen LogP contribution in [0.15, 0.2) is 63.3 Å². The van der Waals surface area contributed by atoms with Gasteiger partial charge in [0.1, 0.15) is 5.75 Å². The van der Waals surface area contributed by atoms with Crippen LogP contribution in [-0.4, -0.2) is 36.8 Å². The molecule has 2 aromatic heterocycles. The molecule has 4 rings (SSSR count). The molecule has 0 radical (unpaired) electrons. The third-order valence-electron chi connectivity index (χ3n) is 5.49. The van der Waals surface area contributed by atoms with Crippen molar-refractivity contribution >= 4 is 34.5 Å². The summed E-state index contributed by atoms with van der Waals surface area (Å²) < 4.78 is 45.9. The molecule has 4 aromatic rings. The Bertz CT molecular complexity index is 1530. The largest absolute Gasteiger partial charge is 0.573 e. The number of rotatable bonds is 9. The Balaban J connectivity index is 1.77. The first-order valence-corrected chi connectivity index (χ1v) is 12.5. The molecule has 0 aliphatic rings. The number of hydrogen-bond donors (Lipinski definition) is 1. The fourth-order valence-electron chi connectivity index (χ4n) is 3.79. The average molecular weight is 555 g/mol. The van der Waals surface area contributed by atoms with E-state index in [0.717, 1.165) is 10.1 Å². The van der Waals surface area contributed by atoms with Gasteiger partial charge in [0.15, 0.2) is 16.3 Å². The zero-order valence-electron chi connectivity index (χ0n) is 19.5. The summed E-state index contributed by atoms with van der Waals surface area (Å²) in [5, 5.41) is 10.1. The van der Waals surface area contributed by atoms with E-state index in [2.05, 4.69) is 9.72 Å². The smallest absolute Gasteiger partial charge is 0.406 e. The summed E-state index contributed by atoms with van der Waals surface area (Å²) in [6.45, 7) is 0.0924. The van der Waals surface area contributed by atoms with Gasteiger partial charge in [-0.3, -0.25) is 13.9 Å². The second-order valence-electron chi connectivity index (χ2n) is 8.14. The Morgan fingerprint density at radius 2 is 1.81 bits per heavy atom. The van der Waals surface area contributed by atoms with Crippen LogP contribution in [0.25, 0.3) is 11.2 Å². The fourth-order valence-corrected chi connectivity index (χ4v) is 4.85. The molecule has 1 N–H and O–H groups in total. The average Bonchev–Trinajstić information content (AvgIpc) is 3.20. The first kappa shape index (κ1) is 26.8. The second-order valence-corrected chi connectivity index (χ2v) is 9.52. The van der Waals surface area contributed by atoms with E-state index in [1.54, 1.807) is 34.9 Å². The summed E-state index contributed by atoms with van der Waals surface area (Å²) in [6.07, 6.45) is -4.58. The molecular weight excluding hydrogens is 533 g/mol. The zero-order valence-corrected chi connectivity index (χ0v) is 21.1. The van der Waals surface area contributed by atoms with Crippen LogP contribution in [0.5, 0.6) is 5.75 Å². The first-order valence-electron chi connectivity index (χ1n) is 11.1. The lowest BCUT2D eigenvalue weighted by molar-refractivity contribution is -0.274. The van der Waals surface area contributed by atoms with Gasteiger partial charge in [-0.2, -0.15) is 0 Å². The van der Waals surface area contributed by atoms with Crippen LogP contribution >= 0.6 is 23.4 Å². The van der Waals surface area contributed by atoms with Crippen molar-refractivity contribution in [2.75, 3.05) is 6.61 Å². The van der Waals surface area contributed by atoms with E-state index in [1.165, 1.54) is 41.6 Å². The minimum absolute atomic E-state index is 0.0402. The maximum atomic E-state index is 13.4. The maximum Gasteiger partial charge on any atom is 0.573 e. The van der Waals surface area contributed by atoms with Crippen molar-refractivity contribution < 1.29 is 23.0 Å². The van der Waals surface area contributed by atoms with Gasteiger partial charge in [-0.25, -0.2) is 9.78 Å². The number of aliphatic hydroxyl groups is 1. The Morgan fingerprint density at radius 3 is 2.49 bits per heavy atom. The molecule has 0 spiro atoms. The van der Waals surface area contributed by atoms with Gasteiger partial charge < -0.3 is 14.4 Å². The van der Waals surface area contributed by atoms with Crippen molar-refractivity contribution in [2.45, 2.75) is 36.8 Å². The van der Waals surface area contributed by atoms with E-state index in [9.17, 15) is 27.9 Å². The number of aliphatic hydroxyl groups excluding tert-OH is 1. The number of halogens is 4. The molecule has 2 heterocycles. The number of benzene rings is 2. The number of hydrogen-bond acceptors (Lipinski definition) is 6. The molecule has 37 heavy (non-hydrogen) atoms. The van der Waals surface area contributed by atoms with Gasteiger partial charge in [-0.05, 0) is 41.8 Å². The molecule has 0 aliphatic heterocycles. The van der Waals surface area contributed by atoms with Crippen molar-refractivity contribution in [3.05, 3.63) is 85.5 Å². The summed E-state index contributed by atoms with van der Waals surface area (Å²) >= 11 is 7.21. The van der Waals surface area contributed by atoms with Crippen LogP contribution in [-0.2, 0) is 25.9 Å². The highest BCUT2D eigenvalue weighted by molar-refractivity contribution is 7.98. The Labute approximate surface area is 217 Å². The topological polar surface area (TPSA) is 91.3 Å². The third-order valence-corrected chi connectivity index (χ3v) is 6.79. The van der Waals surface area contributed by atoms with Crippen molar-refractivity contribution in [1.82, 2.24) is 18.7 Å². The number of fused-ring (bicyclic) bond motifs is 1. The van der Waals surface area contributed by atoms with Gasteiger partial charge >= 0.3 is 12.1 Å². The number of thioether (sulfide) groups is 1. The molecule has 0 amide bonds. The Morgan fingerprint density at radius 1 is 1.08 bits per heavy atom. The number of imidazole rings is 1. The van der Waals surface area contributed by atoms with Crippen molar-refractivity contribution in [2.24, 2.45) is 7.05 Å². The van der Waals surface area contributed by atoms with Crippen LogP contribution in [0.1, 0.15) is 17.5 Å². The lowest BCUT2D eigenvalue weighted by atomic mass is 10.2. The molecule has 0 aliphatic carbocycles. The number of aryl methyl sites for hydroxylation is 1. The van der Waals surface area contributed by atoms with Crippen LogP contribution in [0.3, 0.4) is 0 Å². The highest BCUT2D eigenvalue weighted by Gasteiger charge is 2.31. The highest BCUT2D eigenvalue weighted by atomic mass is 35.5. The summed E-state index contributed by atoms with van der Waals surface area (Å²) in [5.41, 5.74) is 0.649. The fraction of sp³-hybridized carbons (Fsp3) is 0.292. The standard InChI is InChI=1S/C24H22ClF3N4O4S/c1-30-20-19(21(34)31(23(30)35)10-3-11-33)32(13-15-6-8-17(25)9-7-15)22(29-20)37-14-16-4-2-5-18(12-16)36-24(26,27)28/h2,4-9,12,33H,3,10-11,13-14H2,1H3. The molecule has 2 aromatic carbocycles. The van der Waals surface area contributed by atoms with Gasteiger partial charge in [-0.1, -0.05) is 47.6 Å². The SMILES string of the molecule is Cn1c(=O)n(CCCO)c(=O)c2c1nc(SCc1cccc(OC(F)(F)F)c1)n2Cc1ccc(Cl)cc1. The minimum Gasteiger partial charge on any atom is -0.406 e. The Hall–Kier alpha value is -3.22. The number of nitrogens with zero attached hydrogens (tertiary/aromatic N) is 4. The van der Waals surface area contributed by atoms with Crippen LogP contribution in [0.2, 0.25) is 5.02 Å². The van der Waals surface area contributed by atoms with Crippen LogP contribution in [0.4, 0.5) is 13.2 Å². The summed E-state index contributed by atoms with van der Waals surface area (Å²) in [6, 6.07) is 12.6. The molecule has 0 atom stereocenters. The Kier molecular flexibility index (Phi) is 8.00. The van der Waals surface area contributed by atoms with Gasteiger partial charge in [0.2, 0.25) is 0 Å². The van der Waals surface area contributed by atoms with Crippen LogP contribution < -0.4 is 16.0 Å². The summed E-state index contributed by atoms with van der Waals surface area (Å²) in [7, 11) is 1.51. The van der Waals surface area contributed by atoms with Gasteiger partial charge in [0.25, 0.3) is 5.56 Å². The van der Waals surface area contributed by atoms with E-state index in [4.69, 9.17) is 11.6 Å². The lowest BCUT2D eigenvalue weighted by Gasteiger charge is -2.12. The molecule has 8 nitrogen and oxygen atoms in total. The van der Waals surface area contributed by atoms with Gasteiger partial charge in [0, 0.05) is 31.0 Å². The molecule has 196 valence electrons. The summed E-state index contributed by atoms with van der Waals surface area (Å²) in [5.74, 6) is -0.111. The van der Waals surface area contributed by atoms with Gasteiger partial charge in [-0.15, -0.1) is 13.2 Å². The van der Waals surface area contributed by atoms with E-state index < -0.39 is 17.6 Å². The van der Waals surface area contributed by atoms with Crippen molar-refractivity contribution in [1.29, 1.82) is 0 Å². The molecule has 0 saturated carbocycles. The summed E-state index contributed by atoms with van der Waals surface area (Å²) in [4.78, 5) is 30.8. The number of ether oxygens (including phenoxy) is 1. The molecule has 13 heteroatoms. The highest BCUT2D eigenvalue weighted by Crippen LogP contribution is 2.29. The first-order chi connectivity index (χ1) is 17.6. The lowest BCUT2D eigenvalue weighted by Crippen LogP contribution is -2.39. The molecule has 0 bridgehead atoms. The van der Waals surface area contributed by atoms with Gasteiger partial charge in [0.05, 0.1) is 6.54 Å². The van der Waals surface area contributed by atoms with Crippen molar-refractivity contribution in [3.63, 3.8) is 0 Å². The van der Waals surface area contributed by atoms with Crippen molar-refractivity contribution in [3.8, 4) is 5.75 Å². The normalized spacial score (nSPS) is 11.8. The predicted octanol–water partition coefficient (Wildman–Crippen LogP) is 4.17. The molecular formula is C24H22ClF3N4O4S. The van der Waals surface area contributed by atoms with E-state index in [0.29, 0.717) is 15.7 Å². The molecule has 0 fully saturated rings. The number of alkyl halides is 3. The monoisotopic (exact) mass is 554 g/mol. The number of aromatic nitrogens is 4. The minimum atomic E-state index is -4.81. The maximum absolute atomic E-state index is 13.4. The zero-order chi connectivity index (χ0) is 26.7.